The van der Waals surface area contributed by atoms with Crippen LogP contribution in [0.5, 0.6) is 0 Å². The topological polar surface area (TPSA) is 69.0 Å². The van der Waals surface area contributed by atoms with Gasteiger partial charge in [-0.15, -0.1) is 10.2 Å². The van der Waals surface area contributed by atoms with Crippen molar-refractivity contribution in [2.45, 2.75) is 72.1 Å². The highest BCUT2D eigenvalue weighted by atomic mass is 16.5. The summed E-state index contributed by atoms with van der Waals surface area (Å²) in [5.41, 5.74) is 0. The minimum absolute atomic E-state index is 0.0980. The maximum absolute atomic E-state index is 12.2. The summed E-state index contributed by atoms with van der Waals surface area (Å²) in [6.07, 6.45) is 4.06. The number of nitrogens with zero attached hydrogens (tertiary/aromatic N) is 3. The van der Waals surface area contributed by atoms with Gasteiger partial charge in [0.25, 0.3) is 0 Å². The molecule has 6 heteroatoms. The molecule has 0 saturated carbocycles. The van der Waals surface area contributed by atoms with E-state index in [1.54, 1.807) is 6.92 Å². The van der Waals surface area contributed by atoms with Gasteiger partial charge in [-0.1, -0.05) is 20.3 Å². The molecule has 1 amide bonds. The summed E-state index contributed by atoms with van der Waals surface area (Å²) in [7, 11) is 0. The zero-order chi connectivity index (χ0) is 16.1. The third-order valence-corrected chi connectivity index (χ3v) is 3.93. The fraction of sp³-hybridized carbons (Fsp3) is 0.812. The Morgan fingerprint density at radius 1 is 1.23 bits per heavy atom. The Labute approximate surface area is 132 Å². The van der Waals surface area contributed by atoms with E-state index in [2.05, 4.69) is 33.9 Å². The fourth-order valence-electron chi connectivity index (χ4n) is 2.64. The van der Waals surface area contributed by atoms with Crippen LogP contribution in [0.25, 0.3) is 0 Å². The molecule has 2 heterocycles. The third-order valence-electron chi connectivity index (χ3n) is 3.93. The second kappa shape index (κ2) is 7.72. The first-order valence-corrected chi connectivity index (χ1v) is 8.33. The molecule has 1 aliphatic rings. The third kappa shape index (κ3) is 4.29. The molecular weight excluding hydrogens is 280 g/mol. The standard InChI is InChI=1S/C16H28N4O2/c1-11(2)10-22-13(4)16(21)17-12(3)15-19-18-14-8-6-5-7-9-20(14)15/h11-13H,5-10H2,1-4H3,(H,17,21)/t12-,13+/m1/s1. The molecule has 0 unspecified atom stereocenters. The summed E-state index contributed by atoms with van der Waals surface area (Å²) in [5.74, 6) is 2.21. The predicted molar refractivity (Wildman–Crippen MR) is 84.4 cm³/mol. The molecule has 0 fully saturated rings. The van der Waals surface area contributed by atoms with Gasteiger partial charge >= 0.3 is 0 Å². The number of carbonyl (C=O) groups excluding carboxylic acids is 1. The Bertz CT molecular complexity index is 498. The summed E-state index contributed by atoms with van der Waals surface area (Å²) in [5, 5.41) is 11.6. The molecule has 1 N–H and O–H groups in total. The van der Waals surface area contributed by atoms with E-state index < -0.39 is 6.10 Å². The molecule has 124 valence electrons. The Balaban J connectivity index is 1.96. The molecule has 0 aromatic carbocycles. The number of aryl methyl sites for hydroxylation is 1. The van der Waals surface area contributed by atoms with Gasteiger partial charge in [-0.2, -0.15) is 0 Å². The lowest BCUT2D eigenvalue weighted by Crippen LogP contribution is -2.37. The van der Waals surface area contributed by atoms with E-state index in [0.29, 0.717) is 12.5 Å². The lowest BCUT2D eigenvalue weighted by Gasteiger charge is -2.19. The molecule has 0 aliphatic carbocycles. The Hall–Kier alpha value is -1.43. The summed E-state index contributed by atoms with van der Waals surface area (Å²) in [6, 6.07) is -0.156. The molecule has 0 saturated heterocycles. The number of ether oxygens (including phenoxy) is 1. The highest BCUT2D eigenvalue weighted by molar-refractivity contribution is 5.80. The summed E-state index contributed by atoms with van der Waals surface area (Å²) < 4.78 is 7.73. The van der Waals surface area contributed by atoms with Crippen molar-refractivity contribution < 1.29 is 9.53 Å². The maximum Gasteiger partial charge on any atom is 0.249 e. The lowest BCUT2D eigenvalue weighted by atomic mass is 10.2. The number of hydrogen-bond donors (Lipinski definition) is 1. The monoisotopic (exact) mass is 308 g/mol. The van der Waals surface area contributed by atoms with Crippen molar-refractivity contribution in [1.29, 1.82) is 0 Å². The fourth-order valence-corrected chi connectivity index (χ4v) is 2.64. The van der Waals surface area contributed by atoms with Crippen LogP contribution < -0.4 is 5.32 Å². The first-order chi connectivity index (χ1) is 10.5. The predicted octanol–water partition coefficient (Wildman–Crippen LogP) is 2.24. The van der Waals surface area contributed by atoms with Gasteiger partial charge in [-0.25, -0.2) is 0 Å². The van der Waals surface area contributed by atoms with Crippen LogP contribution in [0, 0.1) is 5.92 Å². The minimum Gasteiger partial charge on any atom is -0.368 e. The first-order valence-electron chi connectivity index (χ1n) is 8.33. The van der Waals surface area contributed by atoms with Crippen LogP contribution in [0.4, 0.5) is 0 Å². The van der Waals surface area contributed by atoms with Crippen LogP contribution in [0.15, 0.2) is 0 Å². The second-order valence-electron chi connectivity index (χ2n) is 6.54. The zero-order valence-electron chi connectivity index (χ0n) is 14.1. The summed E-state index contributed by atoms with van der Waals surface area (Å²) >= 11 is 0. The summed E-state index contributed by atoms with van der Waals surface area (Å²) in [6.45, 7) is 9.40. The largest absolute Gasteiger partial charge is 0.368 e. The Kier molecular flexibility index (Phi) is 5.94. The van der Waals surface area contributed by atoms with Gasteiger partial charge < -0.3 is 14.6 Å². The molecule has 0 spiro atoms. The number of rotatable bonds is 6. The van der Waals surface area contributed by atoms with E-state index in [9.17, 15) is 4.79 Å². The lowest BCUT2D eigenvalue weighted by molar-refractivity contribution is -0.133. The van der Waals surface area contributed by atoms with E-state index in [1.165, 1.54) is 12.8 Å². The average Bonchev–Trinajstić information content (AvgIpc) is 2.73. The van der Waals surface area contributed by atoms with Crippen molar-refractivity contribution in [3.8, 4) is 0 Å². The Morgan fingerprint density at radius 3 is 2.73 bits per heavy atom. The zero-order valence-corrected chi connectivity index (χ0v) is 14.1. The van der Waals surface area contributed by atoms with Crippen molar-refractivity contribution in [3.63, 3.8) is 0 Å². The van der Waals surface area contributed by atoms with Gasteiger partial charge in [0.2, 0.25) is 5.91 Å². The molecule has 22 heavy (non-hydrogen) atoms. The van der Waals surface area contributed by atoms with Gasteiger partial charge in [0.05, 0.1) is 6.04 Å². The van der Waals surface area contributed by atoms with Gasteiger partial charge in [-0.05, 0) is 32.6 Å². The molecule has 1 aromatic heterocycles. The van der Waals surface area contributed by atoms with Crippen molar-refractivity contribution >= 4 is 5.91 Å². The average molecular weight is 308 g/mol. The highest BCUT2D eigenvalue weighted by Gasteiger charge is 2.22. The number of amides is 1. The number of fused-ring (bicyclic) bond motifs is 1. The van der Waals surface area contributed by atoms with Crippen LogP contribution in [-0.2, 0) is 22.5 Å². The highest BCUT2D eigenvalue weighted by Crippen LogP contribution is 2.18. The number of aromatic nitrogens is 3. The van der Waals surface area contributed by atoms with Crippen molar-refractivity contribution in [2.24, 2.45) is 5.92 Å². The molecule has 1 aliphatic heterocycles. The van der Waals surface area contributed by atoms with Gasteiger partial charge in [-0.3, -0.25) is 4.79 Å². The second-order valence-corrected chi connectivity index (χ2v) is 6.54. The minimum atomic E-state index is -0.448. The smallest absolute Gasteiger partial charge is 0.249 e. The van der Waals surface area contributed by atoms with E-state index >= 15 is 0 Å². The van der Waals surface area contributed by atoms with Gasteiger partial charge in [0.1, 0.15) is 11.9 Å². The first kappa shape index (κ1) is 16.9. The SMILES string of the molecule is CC(C)CO[C@@H](C)C(=O)N[C@H](C)c1nnc2n1CCCCC2. The Morgan fingerprint density at radius 2 is 2.00 bits per heavy atom. The molecule has 1 aromatic rings. The van der Waals surface area contributed by atoms with Crippen molar-refractivity contribution in [3.05, 3.63) is 11.6 Å². The number of carbonyl (C=O) groups is 1. The molecule has 0 radical (unpaired) electrons. The van der Waals surface area contributed by atoms with E-state index in [4.69, 9.17) is 4.74 Å². The van der Waals surface area contributed by atoms with Crippen LogP contribution in [-0.4, -0.2) is 33.4 Å². The number of nitrogens with one attached hydrogen (secondary N) is 1. The van der Waals surface area contributed by atoms with Crippen LogP contribution in [0.1, 0.15) is 64.6 Å². The molecule has 2 atom stereocenters. The van der Waals surface area contributed by atoms with Crippen LogP contribution >= 0.6 is 0 Å². The quantitative estimate of drug-likeness (QED) is 0.875. The molecule has 2 rings (SSSR count). The number of hydrogen-bond acceptors (Lipinski definition) is 4. The molecule has 0 bridgehead atoms. The molecular formula is C16H28N4O2. The van der Waals surface area contributed by atoms with Crippen LogP contribution in [0.2, 0.25) is 0 Å². The van der Waals surface area contributed by atoms with Gasteiger partial charge in [0.15, 0.2) is 5.82 Å². The molecule has 6 nitrogen and oxygen atoms in total. The van der Waals surface area contributed by atoms with Gasteiger partial charge in [0, 0.05) is 19.6 Å². The van der Waals surface area contributed by atoms with E-state index in [-0.39, 0.29) is 11.9 Å². The normalized spacial score (nSPS) is 17.7. The van der Waals surface area contributed by atoms with Crippen LogP contribution in [0.3, 0.4) is 0 Å². The van der Waals surface area contributed by atoms with Crippen molar-refractivity contribution in [1.82, 2.24) is 20.1 Å². The maximum atomic E-state index is 12.2. The van der Waals surface area contributed by atoms with E-state index in [1.807, 2.05) is 6.92 Å². The summed E-state index contributed by atoms with van der Waals surface area (Å²) in [4.78, 5) is 12.2. The van der Waals surface area contributed by atoms with E-state index in [0.717, 1.165) is 31.0 Å². The van der Waals surface area contributed by atoms with Crippen molar-refractivity contribution in [2.75, 3.05) is 6.61 Å².